The Kier molecular flexibility index (Phi) is 8.19. The number of thioether (sulfide) groups is 1. The summed E-state index contributed by atoms with van der Waals surface area (Å²) in [6, 6.07) is 5.48. The van der Waals surface area contributed by atoms with Gasteiger partial charge in [-0.25, -0.2) is 28.1 Å². The van der Waals surface area contributed by atoms with Gasteiger partial charge >= 0.3 is 5.69 Å². The smallest absolute Gasteiger partial charge is 0.355 e. The van der Waals surface area contributed by atoms with Crippen molar-refractivity contribution in [1.82, 2.24) is 24.4 Å². The van der Waals surface area contributed by atoms with Crippen LogP contribution in [0.15, 0.2) is 52.7 Å². The van der Waals surface area contributed by atoms with Crippen LogP contribution in [0.4, 0.5) is 19.0 Å². The fourth-order valence-electron chi connectivity index (χ4n) is 5.34. The van der Waals surface area contributed by atoms with Gasteiger partial charge in [0.05, 0.1) is 22.3 Å². The molecule has 0 bridgehead atoms. The van der Waals surface area contributed by atoms with E-state index in [-0.39, 0.29) is 52.6 Å². The maximum atomic E-state index is 15.9. The summed E-state index contributed by atoms with van der Waals surface area (Å²) in [5.74, 6) is -3.61. The van der Waals surface area contributed by atoms with Gasteiger partial charge in [-0.2, -0.15) is 9.37 Å². The first-order valence-corrected chi connectivity index (χ1v) is 14.7. The van der Waals surface area contributed by atoms with Gasteiger partial charge in [-0.15, -0.1) is 11.8 Å². The van der Waals surface area contributed by atoms with Gasteiger partial charge < -0.3 is 14.9 Å². The van der Waals surface area contributed by atoms with Crippen LogP contribution in [0.1, 0.15) is 32.4 Å². The molecule has 1 fully saturated rings. The number of nitrogens with zero attached hydrogens (tertiary/aromatic N) is 6. The van der Waals surface area contributed by atoms with Crippen LogP contribution in [0.2, 0.25) is 0 Å². The average Bonchev–Trinajstić information content (AvgIpc) is 2.96. The molecule has 0 unspecified atom stereocenters. The zero-order chi connectivity index (χ0) is 31.2. The minimum Gasteiger partial charge on any atom is -0.507 e. The number of carbonyl (C=O) groups excluding carboxylic acids is 1. The van der Waals surface area contributed by atoms with E-state index in [1.54, 1.807) is 29.9 Å². The van der Waals surface area contributed by atoms with Gasteiger partial charge in [-0.1, -0.05) is 26.5 Å². The van der Waals surface area contributed by atoms with Gasteiger partial charge in [-0.05, 0) is 43.4 Å². The van der Waals surface area contributed by atoms with Crippen molar-refractivity contribution < 1.29 is 23.1 Å². The summed E-state index contributed by atoms with van der Waals surface area (Å²) >= 11 is 1.17. The molecule has 1 N–H and O–H groups in total. The standard InChI is InChI=1S/C30H29F3N6O3S/c1-6-23(41)37-10-11-38(16(4)14-37)28-17-12-19(32)26(24-18(31)8-7-9-20(24)40)35-29(17)39(30(42)36-28)27-21(43-5)13-22(33)34-25(27)15(2)3/h6-9,12-13,15-16,40H,1,10-11,14H2,2-5H3/t16-/m0/s1. The minimum absolute atomic E-state index is 0.0866. The molecular weight excluding hydrogens is 581 g/mol. The summed E-state index contributed by atoms with van der Waals surface area (Å²) in [6.07, 6.45) is 2.93. The van der Waals surface area contributed by atoms with E-state index in [0.717, 1.165) is 16.7 Å². The third-order valence-corrected chi connectivity index (χ3v) is 8.11. The lowest BCUT2D eigenvalue weighted by molar-refractivity contribution is -0.126. The van der Waals surface area contributed by atoms with Crippen molar-refractivity contribution in [3.8, 4) is 22.7 Å². The number of hydrogen-bond acceptors (Lipinski definition) is 8. The molecule has 43 heavy (non-hydrogen) atoms. The number of carbonyl (C=O) groups is 1. The number of rotatable bonds is 6. The summed E-state index contributed by atoms with van der Waals surface area (Å²) in [5, 5.41) is 10.6. The highest BCUT2D eigenvalue weighted by Gasteiger charge is 2.31. The third kappa shape index (κ3) is 5.33. The fraction of sp³-hybridized carbons (Fsp3) is 0.300. The van der Waals surface area contributed by atoms with Gasteiger partial charge in [0.1, 0.15) is 23.1 Å². The number of piperazine rings is 1. The van der Waals surface area contributed by atoms with E-state index >= 15 is 4.39 Å². The highest BCUT2D eigenvalue weighted by molar-refractivity contribution is 7.98. The summed E-state index contributed by atoms with van der Waals surface area (Å²) in [5.41, 5.74) is -1.42. The lowest BCUT2D eigenvalue weighted by atomic mass is 10.1. The Labute approximate surface area is 249 Å². The number of fused-ring (bicyclic) bond motifs is 1. The number of halogens is 3. The molecule has 3 aromatic heterocycles. The number of benzene rings is 1. The summed E-state index contributed by atoms with van der Waals surface area (Å²) in [7, 11) is 0. The van der Waals surface area contributed by atoms with Crippen molar-refractivity contribution in [2.45, 2.75) is 37.6 Å². The van der Waals surface area contributed by atoms with Crippen molar-refractivity contribution in [2.24, 2.45) is 0 Å². The van der Waals surface area contributed by atoms with E-state index < -0.39 is 40.3 Å². The van der Waals surface area contributed by atoms with Crippen LogP contribution in [0.5, 0.6) is 5.75 Å². The second kappa shape index (κ2) is 11.7. The van der Waals surface area contributed by atoms with Crippen molar-refractivity contribution in [2.75, 3.05) is 30.8 Å². The van der Waals surface area contributed by atoms with Crippen LogP contribution >= 0.6 is 11.8 Å². The number of hydrogen-bond donors (Lipinski definition) is 1. The molecule has 4 aromatic rings. The minimum atomic E-state index is -0.958. The average molecular weight is 611 g/mol. The number of amides is 1. The van der Waals surface area contributed by atoms with Gasteiger partial charge in [-0.3, -0.25) is 4.79 Å². The normalized spacial score (nSPS) is 15.4. The fourth-order valence-corrected chi connectivity index (χ4v) is 5.94. The van der Waals surface area contributed by atoms with Crippen molar-refractivity contribution in [1.29, 1.82) is 0 Å². The van der Waals surface area contributed by atoms with Crippen LogP contribution in [-0.4, -0.2) is 67.4 Å². The van der Waals surface area contributed by atoms with Crippen molar-refractivity contribution in [3.63, 3.8) is 0 Å². The molecule has 0 radical (unpaired) electrons. The Morgan fingerprint density at radius 3 is 2.51 bits per heavy atom. The van der Waals surface area contributed by atoms with E-state index in [4.69, 9.17) is 0 Å². The van der Waals surface area contributed by atoms with Crippen LogP contribution in [0.25, 0.3) is 28.0 Å². The van der Waals surface area contributed by atoms with Gasteiger partial charge in [0.2, 0.25) is 11.9 Å². The van der Waals surface area contributed by atoms with Crippen LogP contribution in [-0.2, 0) is 4.79 Å². The third-order valence-electron chi connectivity index (χ3n) is 7.36. The molecule has 1 aliphatic heterocycles. The first-order chi connectivity index (χ1) is 20.5. The zero-order valence-corrected chi connectivity index (χ0v) is 24.8. The first-order valence-electron chi connectivity index (χ1n) is 13.5. The maximum Gasteiger partial charge on any atom is 0.355 e. The van der Waals surface area contributed by atoms with Crippen LogP contribution in [0.3, 0.4) is 0 Å². The molecule has 1 saturated heterocycles. The predicted molar refractivity (Wildman–Crippen MR) is 159 cm³/mol. The molecule has 9 nitrogen and oxygen atoms in total. The Bertz CT molecular complexity index is 1810. The maximum absolute atomic E-state index is 15.9. The summed E-state index contributed by atoms with van der Waals surface area (Å²) in [4.78, 5) is 42.9. The van der Waals surface area contributed by atoms with Gasteiger partial charge in [0, 0.05) is 36.6 Å². The topological polar surface area (TPSA) is 104 Å². The quantitative estimate of drug-likeness (QED) is 0.184. The Balaban J connectivity index is 1.86. The molecule has 5 rings (SSSR count). The summed E-state index contributed by atoms with van der Waals surface area (Å²) < 4.78 is 46.5. The lowest BCUT2D eigenvalue weighted by Gasteiger charge is -2.40. The molecule has 0 saturated carbocycles. The second-order valence-electron chi connectivity index (χ2n) is 10.4. The predicted octanol–water partition coefficient (Wildman–Crippen LogP) is 5.03. The van der Waals surface area contributed by atoms with Crippen molar-refractivity contribution in [3.05, 3.63) is 76.7 Å². The molecule has 1 aromatic carbocycles. The summed E-state index contributed by atoms with van der Waals surface area (Å²) in [6.45, 7) is 9.81. The number of aromatic nitrogens is 4. The number of phenols is 1. The monoisotopic (exact) mass is 610 g/mol. The Morgan fingerprint density at radius 2 is 1.88 bits per heavy atom. The zero-order valence-electron chi connectivity index (χ0n) is 23.9. The Morgan fingerprint density at radius 1 is 1.14 bits per heavy atom. The molecule has 0 aliphatic carbocycles. The molecule has 1 amide bonds. The number of pyridine rings is 2. The molecule has 1 aliphatic rings. The van der Waals surface area contributed by atoms with Gasteiger partial charge in [0.15, 0.2) is 11.5 Å². The molecule has 0 spiro atoms. The molecule has 224 valence electrons. The SMILES string of the molecule is C=CC(=O)N1CCN(c2nc(=O)n(-c3c(SC)cc(F)nc3C(C)C)c3nc(-c4c(O)cccc4F)c(F)cc23)[C@@H](C)C1. The van der Waals surface area contributed by atoms with E-state index in [0.29, 0.717) is 18.0 Å². The number of anilines is 1. The van der Waals surface area contributed by atoms with Crippen molar-refractivity contribution >= 4 is 34.5 Å². The second-order valence-corrected chi connectivity index (χ2v) is 11.3. The van der Waals surface area contributed by atoms with E-state index in [9.17, 15) is 23.5 Å². The van der Waals surface area contributed by atoms with E-state index in [1.807, 2.05) is 6.92 Å². The van der Waals surface area contributed by atoms with E-state index in [1.165, 1.54) is 36.0 Å². The van der Waals surface area contributed by atoms with E-state index in [2.05, 4.69) is 21.5 Å². The molecule has 13 heteroatoms. The molecule has 4 heterocycles. The number of aromatic hydroxyl groups is 1. The van der Waals surface area contributed by atoms with Crippen LogP contribution < -0.4 is 10.6 Å². The van der Waals surface area contributed by atoms with Gasteiger partial charge in [0.25, 0.3) is 0 Å². The Hall–Kier alpha value is -4.39. The highest BCUT2D eigenvalue weighted by atomic mass is 32.2. The lowest BCUT2D eigenvalue weighted by Crippen LogP contribution is -2.54. The first kappa shape index (κ1) is 30.1. The largest absolute Gasteiger partial charge is 0.507 e. The number of phenolic OH excluding ortho intramolecular Hbond substituents is 1. The molecular formula is C30H29F3N6O3S. The van der Waals surface area contributed by atoms with Crippen LogP contribution in [0, 0.1) is 17.6 Å². The highest BCUT2D eigenvalue weighted by Crippen LogP contribution is 2.38. The molecule has 1 atom stereocenters.